The standard InChI is InChI=1S/C20H18N4S/c1-13-9-14(2)19(15(3)10-13)24-23-17(11-21)20-22-18(12-25-20)16-7-5-4-6-8-16/h4-10,12,24H,1-3H3. The van der Waals surface area contributed by atoms with Crippen LogP contribution in [0.25, 0.3) is 11.3 Å². The second kappa shape index (κ2) is 7.29. The normalized spacial score (nSPS) is 11.2. The molecule has 0 aliphatic carbocycles. The van der Waals surface area contributed by atoms with Crippen LogP contribution >= 0.6 is 11.3 Å². The Bertz CT molecular complexity index is 942. The number of hydrogen-bond donors (Lipinski definition) is 1. The van der Waals surface area contributed by atoms with Crippen molar-refractivity contribution >= 4 is 22.7 Å². The molecule has 0 fully saturated rings. The van der Waals surface area contributed by atoms with Gasteiger partial charge in [-0.25, -0.2) is 4.98 Å². The summed E-state index contributed by atoms with van der Waals surface area (Å²) in [6.07, 6.45) is 0. The molecule has 1 heterocycles. The summed E-state index contributed by atoms with van der Waals surface area (Å²) in [4.78, 5) is 4.55. The van der Waals surface area contributed by atoms with Gasteiger partial charge in [0.1, 0.15) is 6.07 Å². The summed E-state index contributed by atoms with van der Waals surface area (Å²) in [7, 11) is 0. The molecule has 0 radical (unpaired) electrons. The third-order valence-corrected chi connectivity index (χ3v) is 4.69. The summed E-state index contributed by atoms with van der Waals surface area (Å²) in [5, 5.41) is 16.3. The van der Waals surface area contributed by atoms with Crippen LogP contribution in [0.4, 0.5) is 5.69 Å². The minimum Gasteiger partial charge on any atom is -0.277 e. The third-order valence-electron chi connectivity index (χ3n) is 3.84. The van der Waals surface area contributed by atoms with Crippen LogP contribution in [-0.4, -0.2) is 10.7 Å². The molecule has 25 heavy (non-hydrogen) atoms. The van der Waals surface area contributed by atoms with E-state index in [-0.39, 0.29) is 5.71 Å². The number of anilines is 1. The van der Waals surface area contributed by atoms with Gasteiger partial charge >= 0.3 is 0 Å². The number of hydrazone groups is 1. The maximum atomic E-state index is 9.47. The number of rotatable bonds is 4. The largest absolute Gasteiger partial charge is 0.277 e. The molecular formula is C20H18N4S. The quantitative estimate of drug-likeness (QED) is 0.529. The molecule has 0 spiro atoms. The Morgan fingerprint density at radius 3 is 2.44 bits per heavy atom. The first-order chi connectivity index (χ1) is 12.1. The van der Waals surface area contributed by atoms with Crippen molar-refractivity contribution in [2.75, 3.05) is 5.43 Å². The molecule has 0 unspecified atom stereocenters. The Hall–Kier alpha value is -2.97. The second-order valence-corrected chi connectivity index (χ2v) is 6.72. The molecule has 0 saturated carbocycles. The number of aryl methyl sites for hydroxylation is 3. The van der Waals surface area contributed by atoms with E-state index in [1.165, 1.54) is 16.9 Å². The number of aromatic nitrogens is 1. The number of nitriles is 1. The fourth-order valence-electron chi connectivity index (χ4n) is 2.71. The first-order valence-corrected chi connectivity index (χ1v) is 8.79. The lowest BCUT2D eigenvalue weighted by molar-refractivity contribution is 1.24. The van der Waals surface area contributed by atoms with E-state index < -0.39 is 0 Å². The van der Waals surface area contributed by atoms with Crippen LogP contribution in [0.5, 0.6) is 0 Å². The lowest BCUT2D eigenvalue weighted by Crippen LogP contribution is -2.03. The predicted molar refractivity (Wildman–Crippen MR) is 104 cm³/mol. The van der Waals surface area contributed by atoms with Crippen molar-refractivity contribution in [1.82, 2.24) is 4.98 Å². The summed E-state index contributed by atoms with van der Waals surface area (Å²) >= 11 is 1.42. The summed E-state index contributed by atoms with van der Waals surface area (Å²) in [6, 6.07) is 16.2. The molecule has 3 rings (SSSR count). The number of nitrogens with one attached hydrogen (secondary N) is 1. The van der Waals surface area contributed by atoms with Crippen LogP contribution in [0.3, 0.4) is 0 Å². The molecule has 1 N–H and O–H groups in total. The van der Waals surface area contributed by atoms with Crippen molar-refractivity contribution in [2.45, 2.75) is 20.8 Å². The van der Waals surface area contributed by atoms with Gasteiger partial charge in [0, 0.05) is 10.9 Å². The van der Waals surface area contributed by atoms with Crippen molar-refractivity contribution in [2.24, 2.45) is 5.10 Å². The maximum absolute atomic E-state index is 9.47. The highest BCUT2D eigenvalue weighted by atomic mass is 32.1. The predicted octanol–water partition coefficient (Wildman–Crippen LogP) is 5.08. The van der Waals surface area contributed by atoms with Crippen LogP contribution in [0.2, 0.25) is 0 Å². The van der Waals surface area contributed by atoms with Gasteiger partial charge in [-0.1, -0.05) is 48.0 Å². The fraction of sp³-hybridized carbons (Fsp3) is 0.150. The topological polar surface area (TPSA) is 61.1 Å². The molecule has 0 bridgehead atoms. The number of thiazole rings is 1. The Kier molecular flexibility index (Phi) is 4.92. The first kappa shape index (κ1) is 16.9. The minimum atomic E-state index is 0.284. The third kappa shape index (κ3) is 3.76. The van der Waals surface area contributed by atoms with Gasteiger partial charge < -0.3 is 0 Å². The number of benzene rings is 2. The number of nitrogens with zero attached hydrogens (tertiary/aromatic N) is 3. The van der Waals surface area contributed by atoms with Gasteiger partial charge in [0.25, 0.3) is 0 Å². The van der Waals surface area contributed by atoms with Crippen LogP contribution in [0.15, 0.2) is 52.9 Å². The van der Waals surface area contributed by atoms with Crippen molar-refractivity contribution in [1.29, 1.82) is 5.26 Å². The van der Waals surface area contributed by atoms with E-state index in [4.69, 9.17) is 0 Å². The summed E-state index contributed by atoms with van der Waals surface area (Å²) < 4.78 is 0. The molecule has 0 atom stereocenters. The monoisotopic (exact) mass is 346 g/mol. The van der Waals surface area contributed by atoms with Crippen LogP contribution in [0, 0.1) is 32.1 Å². The lowest BCUT2D eigenvalue weighted by Gasteiger charge is -2.10. The molecule has 0 aliphatic heterocycles. The minimum absolute atomic E-state index is 0.284. The molecule has 4 nitrogen and oxygen atoms in total. The fourth-order valence-corrected chi connectivity index (χ4v) is 3.48. The van der Waals surface area contributed by atoms with Crippen LogP contribution in [0.1, 0.15) is 21.7 Å². The lowest BCUT2D eigenvalue weighted by atomic mass is 10.1. The van der Waals surface area contributed by atoms with Gasteiger partial charge in [-0.15, -0.1) is 11.3 Å². The maximum Gasteiger partial charge on any atom is 0.196 e. The highest BCUT2D eigenvalue weighted by molar-refractivity contribution is 7.12. The van der Waals surface area contributed by atoms with E-state index in [9.17, 15) is 5.26 Å². The highest BCUT2D eigenvalue weighted by Crippen LogP contribution is 2.24. The zero-order valence-electron chi connectivity index (χ0n) is 14.4. The zero-order chi connectivity index (χ0) is 17.8. The Morgan fingerprint density at radius 2 is 1.80 bits per heavy atom. The molecule has 124 valence electrons. The molecule has 1 aromatic heterocycles. The smallest absolute Gasteiger partial charge is 0.196 e. The van der Waals surface area contributed by atoms with E-state index >= 15 is 0 Å². The van der Waals surface area contributed by atoms with Gasteiger partial charge in [-0.3, -0.25) is 5.43 Å². The summed E-state index contributed by atoms with van der Waals surface area (Å²) in [6.45, 7) is 6.12. The number of hydrogen-bond acceptors (Lipinski definition) is 5. The van der Waals surface area contributed by atoms with E-state index in [0.717, 1.165) is 28.1 Å². The van der Waals surface area contributed by atoms with Gasteiger partial charge in [0.15, 0.2) is 10.7 Å². The van der Waals surface area contributed by atoms with E-state index in [1.807, 2.05) is 49.6 Å². The average molecular weight is 346 g/mol. The SMILES string of the molecule is Cc1cc(C)c(NN=C(C#N)c2nc(-c3ccccc3)cs2)c(C)c1. The van der Waals surface area contributed by atoms with E-state index in [1.54, 1.807) is 0 Å². The molecule has 3 aromatic rings. The molecular weight excluding hydrogens is 328 g/mol. The summed E-state index contributed by atoms with van der Waals surface area (Å²) in [5.41, 5.74) is 9.54. The highest BCUT2D eigenvalue weighted by Gasteiger charge is 2.11. The molecule has 2 aromatic carbocycles. The molecule has 0 saturated heterocycles. The Labute approximate surface area is 151 Å². The Morgan fingerprint density at radius 1 is 1.12 bits per heavy atom. The molecule has 0 aliphatic rings. The zero-order valence-corrected chi connectivity index (χ0v) is 15.2. The average Bonchev–Trinajstić information content (AvgIpc) is 3.08. The van der Waals surface area contributed by atoms with Crippen LogP contribution < -0.4 is 5.43 Å². The van der Waals surface area contributed by atoms with Gasteiger partial charge in [0.2, 0.25) is 0 Å². The van der Waals surface area contributed by atoms with E-state index in [0.29, 0.717) is 5.01 Å². The van der Waals surface area contributed by atoms with Gasteiger partial charge in [-0.2, -0.15) is 10.4 Å². The van der Waals surface area contributed by atoms with E-state index in [2.05, 4.69) is 40.6 Å². The van der Waals surface area contributed by atoms with Crippen LogP contribution in [-0.2, 0) is 0 Å². The molecule has 5 heteroatoms. The second-order valence-electron chi connectivity index (χ2n) is 5.86. The Balaban J connectivity index is 1.88. The molecule has 0 amide bonds. The van der Waals surface area contributed by atoms with Crippen molar-refractivity contribution < 1.29 is 0 Å². The van der Waals surface area contributed by atoms with Crippen molar-refractivity contribution in [3.05, 3.63) is 69.5 Å². The first-order valence-electron chi connectivity index (χ1n) is 7.91. The van der Waals surface area contributed by atoms with Gasteiger partial charge in [-0.05, 0) is 31.9 Å². The van der Waals surface area contributed by atoms with Gasteiger partial charge in [0.05, 0.1) is 11.4 Å². The van der Waals surface area contributed by atoms with Crippen molar-refractivity contribution in [3.63, 3.8) is 0 Å². The van der Waals surface area contributed by atoms with Crippen molar-refractivity contribution in [3.8, 4) is 17.3 Å². The summed E-state index contributed by atoms with van der Waals surface area (Å²) in [5.74, 6) is 0.